The molecular formula is C19H24. The molecule has 19 heavy (non-hydrogen) atoms. The highest BCUT2D eigenvalue weighted by Gasteiger charge is 2.31. The molecule has 0 N–H and O–H groups in total. The van der Waals surface area contributed by atoms with E-state index in [-0.39, 0.29) is 10.8 Å². The Hall–Kier alpha value is -1.56. The molecule has 100 valence electrons. The van der Waals surface area contributed by atoms with Crippen LogP contribution < -0.4 is 0 Å². The molecule has 0 bridgehead atoms. The van der Waals surface area contributed by atoms with Crippen LogP contribution in [0.1, 0.15) is 45.2 Å². The van der Waals surface area contributed by atoms with Crippen LogP contribution in [0.4, 0.5) is 0 Å². The molecule has 0 saturated heterocycles. The Labute approximate surface area is 117 Å². The lowest BCUT2D eigenvalue weighted by Crippen LogP contribution is -2.29. The topological polar surface area (TPSA) is 0 Å². The van der Waals surface area contributed by atoms with Gasteiger partial charge in [-0.3, -0.25) is 0 Å². The molecule has 0 nitrogen and oxygen atoms in total. The summed E-state index contributed by atoms with van der Waals surface area (Å²) in [7, 11) is 0. The molecule has 0 atom stereocenters. The molecule has 0 unspecified atom stereocenters. The van der Waals surface area contributed by atoms with E-state index >= 15 is 0 Å². The molecule has 0 aliphatic rings. The lowest BCUT2D eigenvalue weighted by atomic mass is 9.69. The van der Waals surface area contributed by atoms with Crippen molar-refractivity contribution < 1.29 is 0 Å². The second kappa shape index (κ2) is 5.21. The van der Waals surface area contributed by atoms with Crippen LogP contribution in [-0.4, -0.2) is 0 Å². The van der Waals surface area contributed by atoms with Crippen molar-refractivity contribution in [3.05, 3.63) is 71.8 Å². The Morgan fingerprint density at radius 1 is 0.579 bits per heavy atom. The van der Waals surface area contributed by atoms with Crippen molar-refractivity contribution in [1.29, 1.82) is 0 Å². The fraction of sp³-hybridized carbons (Fsp3) is 0.368. The normalized spacial score (nSPS) is 12.4. The zero-order valence-electron chi connectivity index (χ0n) is 12.5. The molecule has 0 aliphatic heterocycles. The average Bonchev–Trinajstić information content (AvgIpc) is 2.40. The first kappa shape index (κ1) is 13.9. The van der Waals surface area contributed by atoms with E-state index in [0.29, 0.717) is 0 Å². The van der Waals surface area contributed by atoms with Gasteiger partial charge >= 0.3 is 0 Å². The third kappa shape index (κ3) is 3.26. The Bertz CT molecular complexity index is 457. The van der Waals surface area contributed by atoms with E-state index < -0.39 is 0 Å². The minimum Gasteiger partial charge on any atom is -0.0622 e. The molecular weight excluding hydrogens is 228 g/mol. The summed E-state index contributed by atoms with van der Waals surface area (Å²) in [6.45, 7) is 9.36. The predicted molar refractivity (Wildman–Crippen MR) is 83.6 cm³/mol. The molecule has 0 aliphatic carbocycles. The Balaban J connectivity index is 2.25. The van der Waals surface area contributed by atoms with Gasteiger partial charge in [-0.25, -0.2) is 0 Å². The van der Waals surface area contributed by atoms with Gasteiger partial charge in [0.15, 0.2) is 0 Å². The lowest BCUT2D eigenvalue weighted by molar-refractivity contribution is 0.349. The van der Waals surface area contributed by atoms with E-state index in [4.69, 9.17) is 0 Å². The molecule has 0 heteroatoms. The third-order valence-corrected chi connectivity index (χ3v) is 3.99. The zero-order valence-corrected chi connectivity index (χ0v) is 12.5. The first-order chi connectivity index (χ1) is 8.92. The number of rotatable bonds is 4. The summed E-state index contributed by atoms with van der Waals surface area (Å²) >= 11 is 0. The molecule has 2 rings (SSSR count). The van der Waals surface area contributed by atoms with Crippen LogP contribution in [0, 0.1) is 0 Å². The molecule has 0 fully saturated rings. The van der Waals surface area contributed by atoms with Crippen LogP contribution in [0.15, 0.2) is 60.7 Å². The van der Waals surface area contributed by atoms with E-state index in [9.17, 15) is 0 Å². The predicted octanol–water partition coefficient (Wildman–Crippen LogP) is 5.33. The smallest absolute Gasteiger partial charge is 0.00953 e. The maximum atomic E-state index is 2.34. The van der Waals surface area contributed by atoms with E-state index in [1.807, 2.05) is 0 Å². The van der Waals surface area contributed by atoms with E-state index in [1.165, 1.54) is 11.1 Å². The molecule has 0 amide bonds. The Kier molecular flexibility index (Phi) is 3.80. The average molecular weight is 252 g/mol. The van der Waals surface area contributed by atoms with Crippen LogP contribution >= 0.6 is 0 Å². The first-order valence-corrected chi connectivity index (χ1v) is 7.03. The monoisotopic (exact) mass is 252 g/mol. The molecule has 0 saturated carbocycles. The van der Waals surface area contributed by atoms with E-state index in [1.54, 1.807) is 0 Å². The third-order valence-electron chi connectivity index (χ3n) is 3.99. The minimum atomic E-state index is 0.181. The molecule has 2 aromatic carbocycles. The fourth-order valence-electron chi connectivity index (χ4n) is 3.09. The van der Waals surface area contributed by atoms with Gasteiger partial charge in [0.25, 0.3) is 0 Å². The van der Waals surface area contributed by atoms with Crippen LogP contribution in [0.25, 0.3) is 0 Å². The summed E-state index contributed by atoms with van der Waals surface area (Å²) in [5, 5.41) is 0. The van der Waals surface area contributed by atoms with Gasteiger partial charge in [0.2, 0.25) is 0 Å². The summed E-state index contributed by atoms with van der Waals surface area (Å²) < 4.78 is 0. The SMILES string of the molecule is CC(C)(CC(C)(C)c1ccccc1)c1ccccc1. The van der Waals surface area contributed by atoms with Crippen molar-refractivity contribution >= 4 is 0 Å². The van der Waals surface area contributed by atoms with Crippen molar-refractivity contribution in [2.45, 2.75) is 44.9 Å². The van der Waals surface area contributed by atoms with Crippen molar-refractivity contribution in [3.8, 4) is 0 Å². The zero-order chi connectivity index (χ0) is 13.9. The van der Waals surface area contributed by atoms with Crippen LogP contribution in [-0.2, 0) is 10.8 Å². The van der Waals surface area contributed by atoms with Gasteiger partial charge < -0.3 is 0 Å². The molecule has 2 aromatic rings. The standard InChI is InChI=1S/C19H24/c1-18(2,16-11-7-5-8-12-16)15-19(3,4)17-13-9-6-10-14-17/h5-14H,15H2,1-4H3. The highest BCUT2D eigenvalue weighted by atomic mass is 14.3. The van der Waals surface area contributed by atoms with Gasteiger partial charge in [-0.15, -0.1) is 0 Å². The van der Waals surface area contributed by atoms with Gasteiger partial charge in [0.1, 0.15) is 0 Å². The van der Waals surface area contributed by atoms with Crippen molar-refractivity contribution in [2.24, 2.45) is 0 Å². The maximum absolute atomic E-state index is 2.34. The van der Waals surface area contributed by atoms with Gasteiger partial charge in [-0.2, -0.15) is 0 Å². The first-order valence-electron chi connectivity index (χ1n) is 7.03. The molecule has 0 aromatic heterocycles. The van der Waals surface area contributed by atoms with Gasteiger partial charge in [0, 0.05) is 0 Å². The summed E-state index contributed by atoms with van der Waals surface area (Å²) in [6.07, 6.45) is 1.13. The van der Waals surface area contributed by atoms with Crippen molar-refractivity contribution in [2.75, 3.05) is 0 Å². The molecule has 0 radical (unpaired) electrons. The van der Waals surface area contributed by atoms with E-state index in [2.05, 4.69) is 88.4 Å². The van der Waals surface area contributed by atoms with Crippen LogP contribution in [0.2, 0.25) is 0 Å². The summed E-state index contributed by atoms with van der Waals surface area (Å²) in [5.41, 5.74) is 3.19. The Morgan fingerprint density at radius 2 is 0.895 bits per heavy atom. The van der Waals surface area contributed by atoms with Crippen molar-refractivity contribution in [1.82, 2.24) is 0 Å². The second-order valence-corrected chi connectivity index (χ2v) is 6.68. The molecule has 0 heterocycles. The van der Waals surface area contributed by atoms with Crippen LogP contribution in [0.5, 0.6) is 0 Å². The lowest BCUT2D eigenvalue weighted by Gasteiger charge is -2.36. The summed E-state index contributed by atoms with van der Waals surface area (Å²) in [4.78, 5) is 0. The highest BCUT2D eigenvalue weighted by molar-refractivity contribution is 5.29. The highest BCUT2D eigenvalue weighted by Crippen LogP contribution is 2.38. The van der Waals surface area contributed by atoms with Crippen molar-refractivity contribution in [3.63, 3.8) is 0 Å². The number of hydrogen-bond donors (Lipinski definition) is 0. The summed E-state index contributed by atoms with van der Waals surface area (Å²) in [6, 6.07) is 21.6. The Morgan fingerprint density at radius 3 is 1.21 bits per heavy atom. The second-order valence-electron chi connectivity index (χ2n) is 6.68. The fourth-order valence-corrected chi connectivity index (χ4v) is 3.09. The van der Waals surface area contributed by atoms with Gasteiger partial charge in [-0.1, -0.05) is 88.4 Å². The van der Waals surface area contributed by atoms with Gasteiger partial charge in [0.05, 0.1) is 0 Å². The number of hydrogen-bond acceptors (Lipinski definition) is 0. The van der Waals surface area contributed by atoms with E-state index in [0.717, 1.165) is 6.42 Å². The van der Waals surface area contributed by atoms with Crippen LogP contribution in [0.3, 0.4) is 0 Å². The quantitative estimate of drug-likeness (QED) is 0.689. The summed E-state index contributed by atoms with van der Waals surface area (Å²) in [5.74, 6) is 0. The maximum Gasteiger partial charge on any atom is -0.00953 e. The number of benzene rings is 2. The minimum absolute atomic E-state index is 0.181. The molecule has 0 spiro atoms. The largest absolute Gasteiger partial charge is 0.0622 e. The van der Waals surface area contributed by atoms with Gasteiger partial charge in [-0.05, 0) is 28.4 Å².